The molecule has 2 atom stereocenters. The van der Waals surface area contributed by atoms with Crippen molar-refractivity contribution in [2.24, 2.45) is 5.73 Å². The summed E-state index contributed by atoms with van der Waals surface area (Å²) >= 11 is 1.48. The fourth-order valence-corrected chi connectivity index (χ4v) is 4.50. The van der Waals surface area contributed by atoms with E-state index in [0.717, 1.165) is 40.1 Å². The number of carbonyl (C=O) groups excluding carboxylic acids is 1. The summed E-state index contributed by atoms with van der Waals surface area (Å²) in [5.41, 5.74) is 6.34. The minimum absolute atomic E-state index is 0.0254. The Morgan fingerprint density at radius 3 is 2.86 bits per heavy atom. The van der Waals surface area contributed by atoms with Crippen molar-refractivity contribution in [3.05, 3.63) is 24.2 Å². The van der Waals surface area contributed by atoms with E-state index in [1.807, 2.05) is 23.0 Å². The van der Waals surface area contributed by atoms with Gasteiger partial charge in [0.15, 0.2) is 0 Å². The largest absolute Gasteiger partial charge is 0.381 e. The average Bonchev–Trinajstić information content (AvgIpc) is 3.39. The van der Waals surface area contributed by atoms with Crippen LogP contribution in [0.3, 0.4) is 0 Å². The molecule has 148 valence electrons. The van der Waals surface area contributed by atoms with Crippen LogP contribution in [0.5, 0.6) is 0 Å². The van der Waals surface area contributed by atoms with Gasteiger partial charge in [-0.25, -0.2) is 9.97 Å². The van der Waals surface area contributed by atoms with Gasteiger partial charge in [-0.05, 0) is 45.2 Å². The van der Waals surface area contributed by atoms with Gasteiger partial charge in [-0.2, -0.15) is 5.10 Å². The van der Waals surface area contributed by atoms with Crippen LogP contribution in [0.15, 0.2) is 18.3 Å². The molecule has 4 rings (SSSR count). The first-order valence-electron chi connectivity index (χ1n) is 9.41. The maximum Gasteiger partial charge on any atom is 0.286 e. The molecule has 28 heavy (non-hydrogen) atoms. The van der Waals surface area contributed by atoms with E-state index in [4.69, 9.17) is 10.5 Å². The first-order chi connectivity index (χ1) is 13.4. The summed E-state index contributed by atoms with van der Waals surface area (Å²) in [6, 6.07) is 4.55. The first-order valence-corrected chi connectivity index (χ1v) is 10.2. The number of ether oxygens (including phenoxy) is 1. The predicted molar refractivity (Wildman–Crippen MR) is 110 cm³/mol. The van der Waals surface area contributed by atoms with Crippen LogP contribution in [0.1, 0.15) is 49.8 Å². The Hall–Kier alpha value is -2.52. The molecule has 1 amide bonds. The number of thiophene rings is 1. The van der Waals surface area contributed by atoms with Crippen molar-refractivity contribution in [1.29, 1.82) is 0 Å². The zero-order valence-corrected chi connectivity index (χ0v) is 17.0. The molecule has 3 aromatic heterocycles. The van der Waals surface area contributed by atoms with Crippen LogP contribution in [-0.4, -0.2) is 44.9 Å². The summed E-state index contributed by atoms with van der Waals surface area (Å²) in [6.07, 6.45) is 5.12. The highest BCUT2D eigenvalue weighted by Crippen LogP contribution is 2.36. The van der Waals surface area contributed by atoms with Crippen molar-refractivity contribution in [3.63, 3.8) is 0 Å². The van der Waals surface area contributed by atoms with Gasteiger partial charge in [-0.1, -0.05) is 0 Å². The molecule has 3 heterocycles. The zero-order chi connectivity index (χ0) is 19.8. The van der Waals surface area contributed by atoms with E-state index < -0.39 is 5.91 Å². The Balaban J connectivity index is 1.72. The number of nitrogens with two attached hydrogens (primary N) is 1. The zero-order valence-electron chi connectivity index (χ0n) is 16.2. The van der Waals surface area contributed by atoms with E-state index in [1.165, 1.54) is 11.3 Å². The number of methoxy groups -OCH3 is 1. The van der Waals surface area contributed by atoms with E-state index in [1.54, 1.807) is 7.11 Å². The Morgan fingerprint density at radius 1 is 1.39 bits per heavy atom. The van der Waals surface area contributed by atoms with Crippen molar-refractivity contribution in [2.75, 3.05) is 12.4 Å². The topological polar surface area (TPSA) is 108 Å². The lowest BCUT2D eigenvalue weighted by molar-refractivity contribution is 0.0990. The molecule has 0 saturated heterocycles. The standard InChI is InChI=1S/C19H24N6O2S/c1-10(2)25-7-6-14(24-25)15-9-13-17(21-11-4-5-12(8-11)27-3)22-18(16(20)26)23-19(13)28-15/h6-7,9-12H,4-5,8H2,1-3H3,(H2,20,26)(H,21,22,23)/t11?,12-/m0/s1. The van der Waals surface area contributed by atoms with Gasteiger partial charge in [0.1, 0.15) is 16.3 Å². The van der Waals surface area contributed by atoms with Crippen LogP contribution in [0, 0.1) is 0 Å². The Kier molecular flexibility index (Phi) is 5.03. The van der Waals surface area contributed by atoms with Gasteiger partial charge >= 0.3 is 0 Å². The fraction of sp³-hybridized carbons (Fsp3) is 0.474. The number of carbonyl (C=O) groups is 1. The lowest BCUT2D eigenvalue weighted by atomic mass is 10.2. The lowest BCUT2D eigenvalue weighted by Crippen LogP contribution is -2.21. The maximum absolute atomic E-state index is 11.7. The molecule has 8 nitrogen and oxygen atoms in total. The third-order valence-corrected chi connectivity index (χ3v) is 6.11. The normalized spacial score (nSPS) is 19.6. The number of amides is 1. The lowest BCUT2D eigenvalue weighted by Gasteiger charge is -2.14. The number of rotatable bonds is 6. The number of fused-ring (bicyclic) bond motifs is 1. The summed E-state index contributed by atoms with van der Waals surface area (Å²) in [5.74, 6) is 0.0360. The van der Waals surface area contributed by atoms with Gasteiger partial charge in [0.2, 0.25) is 5.82 Å². The summed E-state index contributed by atoms with van der Waals surface area (Å²) in [5, 5.41) is 8.99. The van der Waals surface area contributed by atoms with Crippen molar-refractivity contribution in [1.82, 2.24) is 19.7 Å². The van der Waals surface area contributed by atoms with Crippen LogP contribution >= 0.6 is 11.3 Å². The third-order valence-electron chi connectivity index (χ3n) is 5.06. The molecular formula is C19H24N6O2S. The van der Waals surface area contributed by atoms with Crippen LogP contribution in [0.2, 0.25) is 0 Å². The van der Waals surface area contributed by atoms with Crippen LogP contribution in [-0.2, 0) is 4.74 Å². The Bertz CT molecular complexity index is 1010. The van der Waals surface area contributed by atoms with Gasteiger partial charge in [0.25, 0.3) is 5.91 Å². The van der Waals surface area contributed by atoms with Crippen molar-refractivity contribution in [2.45, 2.75) is 51.3 Å². The van der Waals surface area contributed by atoms with Crippen LogP contribution in [0.25, 0.3) is 20.8 Å². The molecule has 0 spiro atoms. The van der Waals surface area contributed by atoms with Crippen LogP contribution < -0.4 is 11.1 Å². The minimum atomic E-state index is -0.634. The molecule has 0 aliphatic heterocycles. The molecule has 3 aromatic rings. The Morgan fingerprint density at radius 2 is 2.21 bits per heavy atom. The number of primary amides is 1. The number of hydrogen-bond acceptors (Lipinski definition) is 7. The molecule has 1 aliphatic carbocycles. The number of nitrogens with zero attached hydrogens (tertiary/aromatic N) is 4. The van der Waals surface area contributed by atoms with Gasteiger partial charge in [-0.3, -0.25) is 9.48 Å². The molecule has 1 unspecified atom stereocenters. The van der Waals surface area contributed by atoms with Crippen LogP contribution in [0.4, 0.5) is 5.82 Å². The minimum Gasteiger partial charge on any atom is -0.381 e. The van der Waals surface area contributed by atoms with Crippen molar-refractivity contribution in [3.8, 4) is 10.6 Å². The van der Waals surface area contributed by atoms with E-state index in [0.29, 0.717) is 5.82 Å². The van der Waals surface area contributed by atoms with E-state index >= 15 is 0 Å². The summed E-state index contributed by atoms with van der Waals surface area (Å²) < 4.78 is 7.38. The number of hydrogen-bond donors (Lipinski definition) is 2. The highest BCUT2D eigenvalue weighted by Gasteiger charge is 2.26. The van der Waals surface area contributed by atoms with Gasteiger partial charge in [-0.15, -0.1) is 11.3 Å². The third kappa shape index (κ3) is 3.59. The highest BCUT2D eigenvalue weighted by atomic mass is 32.1. The SMILES string of the molecule is CO[C@H]1CCC(Nc2nc(C(N)=O)nc3sc(-c4ccn(C(C)C)n4)cc23)C1. The van der Waals surface area contributed by atoms with Gasteiger partial charge < -0.3 is 15.8 Å². The number of aromatic nitrogens is 4. The second-order valence-corrected chi connectivity index (χ2v) is 8.41. The maximum atomic E-state index is 11.7. The first kappa shape index (κ1) is 18.8. The molecule has 3 N–H and O–H groups in total. The quantitative estimate of drug-likeness (QED) is 0.658. The van der Waals surface area contributed by atoms with E-state index in [2.05, 4.69) is 34.2 Å². The summed E-state index contributed by atoms with van der Waals surface area (Å²) in [4.78, 5) is 22.2. The second kappa shape index (κ2) is 7.48. The molecule has 1 saturated carbocycles. The highest BCUT2D eigenvalue weighted by molar-refractivity contribution is 7.21. The Labute approximate surface area is 167 Å². The fourth-order valence-electron chi connectivity index (χ4n) is 3.50. The van der Waals surface area contributed by atoms with Crippen molar-refractivity contribution >= 4 is 33.3 Å². The van der Waals surface area contributed by atoms with Gasteiger partial charge in [0, 0.05) is 25.4 Å². The molecule has 0 bridgehead atoms. The second-order valence-electron chi connectivity index (χ2n) is 7.38. The summed E-state index contributed by atoms with van der Waals surface area (Å²) in [7, 11) is 1.74. The van der Waals surface area contributed by atoms with E-state index in [-0.39, 0.29) is 24.0 Å². The summed E-state index contributed by atoms with van der Waals surface area (Å²) in [6.45, 7) is 4.17. The number of anilines is 1. The molecule has 9 heteroatoms. The monoisotopic (exact) mass is 400 g/mol. The van der Waals surface area contributed by atoms with Gasteiger partial charge in [0.05, 0.1) is 16.4 Å². The molecule has 1 fully saturated rings. The van der Waals surface area contributed by atoms with Crippen molar-refractivity contribution < 1.29 is 9.53 Å². The predicted octanol–water partition coefficient (Wildman–Crippen LogP) is 3.21. The smallest absolute Gasteiger partial charge is 0.286 e. The molecule has 0 radical (unpaired) electrons. The molecule has 1 aliphatic rings. The molecule has 0 aromatic carbocycles. The van der Waals surface area contributed by atoms with E-state index in [9.17, 15) is 4.79 Å². The average molecular weight is 401 g/mol. The number of nitrogens with one attached hydrogen (secondary N) is 1. The molecular weight excluding hydrogens is 376 g/mol.